The van der Waals surface area contributed by atoms with E-state index < -0.39 is 10.0 Å². The van der Waals surface area contributed by atoms with E-state index in [0.29, 0.717) is 18.3 Å². The summed E-state index contributed by atoms with van der Waals surface area (Å²) in [5.41, 5.74) is 1.32. The minimum absolute atomic E-state index is 0.125. The zero-order valence-corrected chi connectivity index (χ0v) is 14.6. The third-order valence-corrected chi connectivity index (χ3v) is 8.53. The van der Waals surface area contributed by atoms with E-state index in [-0.39, 0.29) is 5.25 Å². The molecule has 1 unspecified atom stereocenters. The van der Waals surface area contributed by atoms with Crippen molar-refractivity contribution < 1.29 is 8.42 Å². The molecule has 1 aromatic carbocycles. The first-order valence-electron chi connectivity index (χ1n) is 8.33. The maximum Gasteiger partial charge on any atom is 0.217 e. The molecule has 0 N–H and O–H groups in total. The highest BCUT2D eigenvalue weighted by atomic mass is 32.2. The Bertz CT molecular complexity index is 568. The molecule has 1 saturated carbocycles. The van der Waals surface area contributed by atoms with Gasteiger partial charge in [-0.3, -0.25) is 0 Å². The molecule has 1 atom stereocenters. The molecule has 2 fully saturated rings. The van der Waals surface area contributed by atoms with Crippen LogP contribution in [0.1, 0.15) is 49.3 Å². The van der Waals surface area contributed by atoms with E-state index in [2.05, 4.69) is 24.3 Å². The summed E-state index contributed by atoms with van der Waals surface area (Å²) in [5.74, 6) is 0.894. The lowest BCUT2D eigenvalue weighted by molar-refractivity contribution is 0.399. The molecule has 122 valence electrons. The Kier molecular flexibility index (Phi) is 5.47. The predicted molar refractivity (Wildman–Crippen MR) is 93.6 cm³/mol. The molecular weight excluding hydrogens is 314 g/mol. The Labute approximate surface area is 138 Å². The first-order chi connectivity index (χ1) is 10.7. The molecule has 2 aliphatic rings. The highest BCUT2D eigenvalue weighted by Gasteiger charge is 2.34. The van der Waals surface area contributed by atoms with Gasteiger partial charge in [0.05, 0.1) is 5.25 Å². The quantitative estimate of drug-likeness (QED) is 0.840. The third-order valence-electron chi connectivity index (χ3n) is 4.81. The summed E-state index contributed by atoms with van der Waals surface area (Å²) in [6.45, 7) is 1.35. The van der Waals surface area contributed by atoms with Gasteiger partial charge in [-0.15, -0.1) is 0 Å². The molecule has 1 heterocycles. The largest absolute Gasteiger partial charge is 0.217 e. The Morgan fingerprint density at radius 3 is 2.41 bits per heavy atom. The summed E-state index contributed by atoms with van der Waals surface area (Å²) in [4.78, 5) is 0. The second kappa shape index (κ2) is 7.37. The fourth-order valence-corrected chi connectivity index (χ4v) is 6.92. The van der Waals surface area contributed by atoms with Crippen molar-refractivity contribution in [3.05, 3.63) is 35.9 Å². The second-order valence-electron chi connectivity index (χ2n) is 6.26. The van der Waals surface area contributed by atoms with Crippen LogP contribution in [0.5, 0.6) is 0 Å². The summed E-state index contributed by atoms with van der Waals surface area (Å²) in [5, 5.41) is 0.298. The predicted octanol–water partition coefficient (Wildman–Crippen LogP) is 3.83. The topological polar surface area (TPSA) is 37.4 Å². The van der Waals surface area contributed by atoms with Gasteiger partial charge in [-0.05, 0) is 24.8 Å². The summed E-state index contributed by atoms with van der Waals surface area (Å²) >= 11 is 1.90. The van der Waals surface area contributed by atoms with Crippen molar-refractivity contribution in [2.45, 2.75) is 49.0 Å². The van der Waals surface area contributed by atoms with Crippen LogP contribution < -0.4 is 0 Å². The minimum atomic E-state index is -3.09. The van der Waals surface area contributed by atoms with Crippen molar-refractivity contribution in [1.82, 2.24) is 4.31 Å². The van der Waals surface area contributed by atoms with E-state index in [9.17, 15) is 8.42 Å². The van der Waals surface area contributed by atoms with Gasteiger partial charge >= 0.3 is 0 Å². The summed E-state index contributed by atoms with van der Waals surface area (Å²) < 4.78 is 27.5. The van der Waals surface area contributed by atoms with Gasteiger partial charge in [0.25, 0.3) is 0 Å². The molecule has 1 aliphatic carbocycles. The van der Waals surface area contributed by atoms with Crippen molar-refractivity contribution >= 4 is 21.8 Å². The fraction of sp³-hybridized carbons (Fsp3) is 0.647. The number of sulfonamides is 1. The van der Waals surface area contributed by atoms with Crippen molar-refractivity contribution in [2.75, 3.05) is 18.8 Å². The van der Waals surface area contributed by atoms with Crippen LogP contribution in [-0.4, -0.2) is 36.8 Å². The molecule has 0 aromatic heterocycles. The van der Waals surface area contributed by atoms with Gasteiger partial charge in [0.2, 0.25) is 10.0 Å². The number of hydrogen-bond acceptors (Lipinski definition) is 3. The van der Waals surface area contributed by atoms with Gasteiger partial charge in [-0.1, -0.05) is 49.6 Å². The average Bonchev–Trinajstić information content (AvgIpc) is 2.83. The minimum Gasteiger partial charge on any atom is -0.212 e. The third kappa shape index (κ3) is 3.69. The van der Waals surface area contributed by atoms with E-state index in [0.717, 1.165) is 37.9 Å². The van der Waals surface area contributed by atoms with E-state index in [1.54, 1.807) is 4.31 Å². The van der Waals surface area contributed by atoms with Crippen LogP contribution in [0.4, 0.5) is 0 Å². The first kappa shape index (κ1) is 16.3. The monoisotopic (exact) mass is 339 g/mol. The lowest BCUT2D eigenvalue weighted by Crippen LogP contribution is -2.40. The van der Waals surface area contributed by atoms with E-state index >= 15 is 0 Å². The molecule has 0 amide bonds. The summed E-state index contributed by atoms with van der Waals surface area (Å²) in [6, 6.07) is 10.5. The van der Waals surface area contributed by atoms with E-state index in [1.165, 1.54) is 12.0 Å². The van der Waals surface area contributed by atoms with Gasteiger partial charge in [0, 0.05) is 24.1 Å². The first-order valence-corrected chi connectivity index (χ1v) is 10.9. The molecule has 0 spiro atoms. The van der Waals surface area contributed by atoms with Crippen molar-refractivity contribution in [3.63, 3.8) is 0 Å². The molecule has 3 nitrogen and oxygen atoms in total. The van der Waals surface area contributed by atoms with E-state index in [1.807, 2.05) is 17.8 Å². The molecule has 1 saturated heterocycles. The maximum absolute atomic E-state index is 12.9. The zero-order chi connectivity index (χ0) is 15.4. The van der Waals surface area contributed by atoms with Crippen LogP contribution >= 0.6 is 11.8 Å². The molecule has 22 heavy (non-hydrogen) atoms. The maximum atomic E-state index is 12.9. The van der Waals surface area contributed by atoms with E-state index in [4.69, 9.17) is 0 Å². The molecule has 3 rings (SSSR count). The van der Waals surface area contributed by atoms with Gasteiger partial charge in [-0.2, -0.15) is 11.8 Å². The van der Waals surface area contributed by atoms with Crippen molar-refractivity contribution in [3.8, 4) is 0 Å². The average molecular weight is 340 g/mol. The summed E-state index contributed by atoms with van der Waals surface area (Å²) in [7, 11) is -3.09. The second-order valence-corrected chi connectivity index (χ2v) is 9.79. The van der Waals surface area contributed by atoms with Crippen LogP contribution in [0.2, 0.25) is 0 Å². The lowest BCUT2D eigenvalue weighted by atomic mass is 10.0. The van der Waals surface area contributed by atoms with Gasteiger partial charge in [0.15, 0.2) is 0 Å². The van der Waals surface area contributed by atoms with Gasteiger partial charge in [-0.25, -0.2) is 12.7 Å². The molecule has 0 bridgehead atoms. The molecule has 1 aliphatic heterocycles. The Balaban J connectivity index is 1.67. The Morgan fingerprint density at radius 2 is 1.68 bits per heavy atom. The number of benzene rings is 1. The summed E-state index contributed by atoms with van der Waals surface area (Å²) in [6.07, 6.45) is 5.96. The van der Waals surface area contributed by atoms with Crippen LogP contribution in [0.15, 0.2) is 30.3 Å². The highest BCUT2D eigenvalue weighted by Crippen LogP contribution is 2.36. The number of hydrogen-bond donors (Lipinski definition) is 0. The SMILES string of the molecule is O=S(=O)(C1CCCCC1)N1CCSC(c2ccccc2)CC1. The number of rotatable bonds is 3. The lowest BCUT2D eigenvalue weighted by Gasteiger charge is -2.28. The molecule has 0 radical (unpaired) electrons. The van der Waals surface area contributed by atoms with Crippen LogP contribution in [-0.2, 0) is 10.0 Å². The standard InChI is InChI=1S/C17H25NO2S2/c19-22(20,16-9-5-2-6-10-16)18-12-11-17(21-14-13-18)15-7-3-1-4-8-15/h1,3-4,7-8,16-17H,2,5-6,9-14H2. The van der Waals surface area contributed by atoms with Crippen molar-refractivity contribution in [1.29, 1.82) is 0 Å². The fourth-order valence-electron chi connectivity index (χ4n) is 3.51. The Morgan fingerprint density at radius 1 is 0.955 bits per heavy atom. The zero-order valence-electron chi connectivity index (χ0n) is 13.0. The molecule has 5 heteroatoms. The van der Waals surface area contributed by atoms with Gasteiger partial charge in [0.1, 0.15) is 0 Å². The Hall–Kier alpha value is -0.520. The van der Waals surface area contributed by atoms with Crippen LogP contribution in [0, 0.1) is 0 Å². The van der Waals surface area contributed by atoms with Crippen LogP contribution in [0.25, 0.3) is 0 Å². The van der Waals surface area contributed by atoms with Crippen molar-refractivity contribution in [2.24, 2.45) is 0 Å². The number of nitrogens with zero attached hydrogens (tertiary/aromatic N) is 1. The highest BCUT2D eigenvalue weighted by molar-refractivity contribution is 7.99. The molecular formula is C17H25NO2S2. The normalized spacial score (nSPS) is 25.7. The smallest absolute Gasteiger partial charge is 0.212 e. The van der Waals surface area contributed by atoms with Gasteiger partial charge < -0.3 is 0 Å². The molecule has 1 aromatic rings. The number of thioether (sulfide) groups is 1. The van der Waals surface area contributed by atoms with Crippen LogP contribution in [0.3, 0.4) is 0 Å².